The molecule has 0 amide bonds. The summed E-state index contributed by atoms with van der Waals surface area (Å²) >= 11 is 0. The van der Waals surface area contributed by atoms with Crippen molar-refractivity contribution in [2.24, 2.45) is 5.10 Å². The second-order valence-corrected chi connectivity index (χ2v) is 4.92. The van der Waals surface area contributed by atoms with Crippen LogP contribution in [0.15, 0.2) is 35.8 Å². The summed E-state index contributed by atoms with van der Waals surface area (Å²) in [6, 6.07) is 3.97. The molecule has 2 aromatic rings. The Morgan fingerprint density at radius 2 is 2.00 bits per heavy atom. The fraction of sp³-hybridized carbons (Fsp3) is 0.286. The smallest absolute Gasteiger partial charge is 0.213 e. The number of aromatic nitrogens is 3. The van der Waals surface area contributed by atoms with E-state index in [2.05, 4.69) is 43.0 Å². The molecule has 1 unspecified atom stereocenters. The lowest BCUT2D eigenvalue weighted by Gasteiger charge is -2.08. The SMILES string of the molecule is COc1ccc(Nc2cncc(NC3=NNC(C)C3)n2)cn1. The molecule has 0 spiro atoms. The highest BCUT2D eigenvalue weighted by Gasteiger charge is 2.14. The predicted octanol–water partition coefficient (Wildman–Crippen LogP) is 1.73. The summed E-state index contributed by atoms with van der Waals surface area (Å²) in [5.74, 6) is 2.68. The third-order valence-electron chi connectivity index (χ3n) is 3.04. The van der Waals surface area contributed by atoms with Crippen LogP contribution in [0.2, 0.25) is 0 Å². The number of nitrogens with one attached hydrogen (secondary N) is 3. The number of nitrogens with zero attached hydrogens (tertiary/aromatic N) is 4. The normalized spacial score (nSPS) is 16.6. The van der Waals surface area contributed by atoms with Crippen LogP contribution in [-0.4, -0.2) is 33.9 Å². The standard InChI is InChI=1S/C14H17N7O/c1-9-5-11(21-20-9)18-13-8-15-7-12(19-13)17-10-3-4-14(22-2)16-6-10/h3-4,6-9,20H,5H2,1-2H3,(H2,17,18,19,21). The second-order valence-electron chi connectivity index (χ2n) is 4.92. The molecule has 0 aliphatic carbocycles. The van der Waals surface area contributed by atoms with Gasteiger partial charge in [-0.2, -0.15) is 5.10 Å². The van der Waals surface area contributed by atoms with E-state index in [0.717, 1.165) is 17.9 Å². The van der Waals surface area contributed by atoms with Crippen LogP contribution in [0.3, 0.4) is 0 Å². The molecule has 0 radical (unpaired) electrons. The highest BCUT2D eigenvalue weighted by atomic mass is 16.5. The van der Waals surface area contributed by atoms with Gasteiger partial charge in [0.25, 0.3) is 0 Å². The van der Waals surface area contributed by atoms with E-state index in [9.17, 15) is 0 Å². The number of hydrogen-bond acceptors (Lipinski definition) is 8. The molecule has 114 valence electrons. The lowest BCUT2D eigenvalue weighted by Crippen LogP contribution is -2.15. The average Bonchev–Trinajstić information content (AvgIpc) is 2.93. The number of anilines is 3. The lowest BCUT2D eigenvalue weighted by molar-refractivity contribution is 0.398. The Labute approximate surface area is 128 Å². The second kappa shape index (κ2) is 6.25. The van der Waals surface area contributed by atoms with Gasteiger partial charge in [-0.25, -0.2) is 9.97 Å². The minimum Gasteiger partial charge on any atom is -0.481 e. The first kappa shape index (κ1) is 14.1. The maximum atomic E-state index is 5.03. The van der Waals surface area contributed by atoms with E-state index in [-0.39, 0.29) is 0 Å². The summed E-state index contributed by atoms with van der Waals surface area (Å²) in [7, 11) is 1.58. The van der Waals surface area contributed by atoms with Gasteiger partial charge in [0.05, 0.1) is 31.4 Å². The largest absolute Gasteiger partial charge is 0.481 e. The molecule has 3 N–H and O–H groups in total. The Kier molecular flexibility index (Phi) is 3.99. The maximum absolute atomic E-state index is 5.03. The summed E-state index contributed by atoms with van der Waals surface area (Å²) < 4.78 is 5.03. The van der Waals surface area contributed by atoms with Crippen LogP contribution < -0.4 is 20.8 Å². The van der Waals surface area contributed by atoms with E-state index >= 15 is 0 Å². The summed E-state index contributed by atoms with van der Waals surface area (Å²) in [6.07, 6.45) is 5.81. The molecule has 1 aliphatic heterocycles. The molecule has 0 bridgehead atoms. The zero-order valence-corrected chi connectivity index (χ0v) is 12.4. The lowest BCUT2D eigenvalue weighted by atomic mass is 10.2. The minimum absolute atomic E-state index is 0.335. The van der Waals surface area contributed by atoms with E-state index in [1.165, 1.54) is 0 Å². The van der Waals surface area contributed by atoms with Gasteiger partial charge in [0.2, 0.25) is 5.88 Å². The third kappa shape index (κ3) is 3.40. The van der Waals surface area contributed by atoms with Crippen LogP contribution in [0, 0.1) is 0 Å². The first-order valence-electron chi connectivity index (χ1n) is 6.91. The van der Waals surface area contributed by atoms with Crippen molar-refractivity contribution in [3.05, 3.63) is 30.7 Å². The molecular formula is C14H17N7O. The number of ether oxygens (including phenoxy) is 1. The molecule has 0 fully saturated rings. The number of hydrogen-bond donors (Lipinski definition) is 3. The van der Waals surface area contributed by atoms with Gasteiger partial charge in [0.15, 0.2) is 11.6 Å². The molecule has 8 nitrogen and oxygen atoms in total. The molecule has 8 heteroatoms. The molecule has 22 heavy (non-hydrogen) atoms. The first-order chi connectivity index (χ1) is 10.7. The molecular weight excluding hydrogens is 282 g/mol. The third-order valence-corrected chi connectivity index (χ3v) is 3.04. The molecule has 3 heterocycles. The Morgan fingerprint density at radius 1 is 1.18 bits per heavy atom. The fourth-order valence-electron chi connectivity index (χ4n) is 2.01. The van der Waals surface area contributed by atoms with Gasteiger partial charge in [0.1, 0.15) is 5.84 Å². The quantitative estimate of drug-likeness (QED) is 0.791. The Balaban J connectivity index is 1.68. The van der Waals surface area contributed by atoms with Crippen molar-refractivity contribution in [1.29, 1.82) is 0 Å². The van der Waals surface area contributed by atoms with E-state index in [0.29, 0.717) is 23.6 Å². The average molecular weight is 299 g/mol. The van der Waals surface area contributed by atoms with Crippen LogP contribution in [0.25, 0.3) is 0 Å². The van der Waals surface area contributed by atoms with Crippen molar-refractivity contribution in [2.45, 2.75) is 19.4 Å². The molecule has 1 aliphatic rings. The molecule has 0 aromatic carbocycles. The van der Waals surface area contributed by atoms with Gasteiger partial charge in [0, 0.05) is 18.5 Å². The van der Waals surface area contributed by atoms with Crippen LogP contribution in [0.1, 0.15) is 13.3 Å². The number of hydrazone groups is 1. The zero-order chi connectivity index (χ0) is 15.4. The highest BCUT2D eigenvalue weighted by Crippen LogP contribution is 2.17. The van der Waals surface area contributed by atoms with Crippen molar-refractivity contribution < 1.29 is 4.74 Å². The van der Waals surface area contributed by atoms with Gasteiger partial charge < -0.3 is 20.8 Å². The summed E-state index contributed by atoms with van der Waals surface area (Å²) in [5.41, 5.74) is 3.80. The molecule has 0 saturated heterocycles. The van der Waals surface area contributed by atoms with E-state index < -0.39 is 0 Å². The number of pyridine rings is 1. The van der Waals surface area contributed by atoms with E-state index in [1.54, 1.807) is 31.8 Å². The summed E-state index contributed by atoms with van der Waals surface area (Å²) in [4.78, 5) is 12.7. The van der Waals surface area contributed by atoms with Crippen molar-refractivity contribution in [3.63, 3.8) is 0 Å². The van der Waals surface area contributed by atoms with Crippen molar-refractivity contribution in [1.82, 2.24) is 20.4 Å². The summed E-state index contributed by atoms with van der Waals surface area (Å²) in [5, 5.41) is 10.5. The molecule has 0 saturated carbocycles. The topological polar surface area (TPSA) is 96.3 Å². The van der Waals surface area contributed by atoms with Gasteiger partial charge in [-0.1, -0.05) is 0 Å². The zero-order valence-electron chi connectivity index (χ0n) is 12.4. The van der Waals surface area contributed by atoms with Gasteiger partial charge in [-0.15, -0.1) is 0 Å². The van der Waals surface area contributed by atoms with Crippen LogP contribution in [-0.2, 0) is 0 Å². The van der Waals surface area contributed by atoms with E-state index in [1.807, 2.05) is 6.07 Å². The Morgan fingerprint density at radius 3 is 2.64 bits per heavy atom. The van der Waals surface area contributed by atoms with Crippen molar-refractivity contribution in [2.75, 3.05) is 17.7 Å². The van der Waals surface area contributed by atoms with Crippen molar-refractivity contribution >= 4 is 23.2 Å². The monoisotopic (exact) mass is 299 g/mol. The van der Waals surface area contributed by atoms with Crippen LogP contribution in [0.4, 0.5) is 17.3 Å². The Bertz CT molecular complexity index is 671. The molecule has 2 aromatic heterocycles. The Hall–Kier alpha value is -2.90. The predicted molar refractivity (Wildman–Crippen MR) is 84.4 cm³/mol. The number of methoxy groups -OCH3 is 1. The van der Waals surface area contributed by atoms with Gasteiger partial charge in [-0.05, 0) is 13.0 Å². The van der Waals surface area contributed by atoms with Crippen LogP contribution >= 0.6 is 0 Å². The van der Waals surface area contributed by atoms with E-state index in [4.69, 9.17) is 4.74 Å². The minimum atomic E-state index is 0.335. The van der Waals surface area contributed by atoms with Crippen LogP contribution in [0.5, 0.6) is 5.88 Å². The van der Waals surface area contributed by atoms with Gasteiger partial charge in [-0.3, -0.25) is 4.98 Å². The first-order valence-corrected chi connectivity index (χ1v) is 6.91. The number of rotatable bonds is 4. The van der Waals surface area contributed by atoms with Crippen molar-refractivity contribution in [3.8, 4) is 5.88 Å². The maximum Gasteiger partial charge on any atom is 0.213 e. The van der Waals surface area contributed by atoms with Gasteiger partial charge >= 0.3 is 0 Å². The molecule has 3 rings (SSSR count). The summed E-state index contributed by atoms with van der Waals surface area (Å²) in [6.45, 7) is 2.07. The highest BCUT2D eigenvalue weighted by molar-refractivity contribution is 5.95. The fourth-order valence-corrected chi connectivity index (χ4v) is 2.01. The molecule has 1 atom stereocenters. The number of amidine groups is 1.